The Balaban J connectivity index is 1.74. The molecule has 3 fully saturated rings. The van der Waals surface area contributed by atoms with Crippen molar-refractivity contribution in [2.24, 2.45) is 35.0 Å². The van der Waals surface area contributed by atoms with Crippen LogP contribution in [0.3, 0.4) is 0 Å². The van der Waals surface area contributed by atoms with Gasteiger partial charge in [-0.2, -0.15) is 0 Å². The van der Waals surface area contributed by atoms with E-state index >= 15 is 0 Å². The van der Waals surface area contributed by atoms with Crippen LogP contribution in [-0.2, 0) is 0 Å². The lowest BCUT2D eigenvalue weighted by atomic mass is 9.60. The minimum Gasteiger partial charge on any atom is -0.0993 e. The van der Waals surface area contributed by atoms with Gasteiger partial charge in [0, 0.05) is 0 Å². The SMILES string of the molecule is C=C1[C@H](C)CC(=C/C=C2\CCC[C@@]3(C)C2CCC3[C@@H](C)CCCC)C[C@H]1C. The summed E-state index contributed by atoms with van der Waals surface area (Å²) in [5.74, 6) is 4.02. The predicted molar refractivity (Wildman–Crippen MR) is 120 cm³/mol. The molecule has 3 aliphatic carbocycles. The summed E-state index contributed by atoms with van der Waals surface area (Å²) in [6.45, 7) is 16.6. The highest BCUT2D eigenvalue weighted by Gasteiger charge is 2.50. The number of hydrogen-bond donors (Lipinski definition) is 0. The van der Waals surface area contributed by atoms with Gasteiger partial charge in [0.15, 0.2) is 0 Å². The van der Waals surface area contributed by atoms with Crippen molar-refractivity contribution in [1.29, 1.82) is 0 Å². The summed E-state index contributed by atoms with van der Waals surface area (Å²) in [5.41, 5.74) is 5.47. The fourth-order valence-corrected chi connectivity index (χ4v) is 6.92. The second kappa shape index (κ2) is 8.71. The molecular weight excluding hydrogens is 324 g/mol. The molecule has 0 nitrogen and oxygen atoms in total. The molecule has 0 aromatic rings. The summed E-state index contributed by atoms with van der Waals surface area (Å²) in [5, 5.41) is 0. The Morgan fingerprint density at radius 2 is 1.85 bits per heavy atom. The molecule has 0 aliphatic heterocycles. The van der Waals surface area contributed by atoms with Gasteiger partial charge in [0.25, 0.3) is 0 Å². The lowest BCUT2D eigenvalue weighted by Crippen LogP contribution is -2.36. The van der Waals surface area contributed by atoms with Gasteiger partial charge in [-0.05, 0) is 80.0 Å². The van der Waals surface area contributed by atoms with Crippen LogP contribution in [0.5, 0.6) is 0 Å². The van der Waals surface area contributed by atoms with Crippen LogP contribution in [0, 0.1) is 35.0 Å². The molecule has 0 aromatic heterocycles. The summed E-state index contributed by atoms with van der Waals surface area (Å²) in [7, 11) is 0. The van der Waals surface area contributed by atoms with Gasteiger partial charge in [-0.3, -0.25) is 0 Å². The number of rotatable bonds is 5. The molecule has 0 saturated heterocycles. The molecule has 0 bridgehead atoms. The van der Waals surface area contributed by atoms with E-state index in [1.165, 1.54) is 69.8 Å². The molecule has 0 heterocycles. The summed E-state index contributed by atoms with van der Waals surface area (Å²) in [6.07, 6.45) is 18.9. The molecule has 3 rings (SSSR count). The maximum atomic E-state index is 4.32. The fourth-order valence-electron chi connectivity index (χ4n) is 6.92. The van der Waals surface area contributed by atoms with E-state index in [1.807, 2.05) is 0 Å². The Labute approximate surface area is 169 Å². The summed E-state index contributed by atoms with van der Waals surface area (Å²) >= 11 is 0. The number of allylic oxidation sites excluding steroid dienone is 5. The van der Waals surface area contributed by atoms with Crippen LogP contribution in [0.4, 0.5) is 0 Å². The van der Waals surface area contributed by atoms with Gasteiger partial charge < -0.3 is 0 Å². The van der Waals surface area contributed by atoms with Crippen molar-refractivity contribution in [2.45, 2.75) is 98.8 Å². The van der Waals surface area contributed by atoms with E-state index in [-0.39, 0.29) is 0 Å². The van der Waals surface area contributed by atoms with Gasteiger partial charge in [0.2, 0.25) is 0 Å². The largest absolute Gasteiger partial charge is 0.0993 e. The Kier molecular flexibility index (Phi) is 6.75. The zero-order chi connectivity index (χ0) is 19.6. The molecule has 0 N–H and O–H groups in total. The fraction of sp³-hybridized carbons (Fsp3) is 0.778. The van der Waals surface area contributed by atoms with Gasteiger partial charge in [0.1, 0.15) is 0 Å². The Hall–Kier alpha value is -0.780. The van der Waals surface area contributed by atoms with Gasteiger partial charge in [-0.1, -0.05) is 89.3 Å². The molecule has 6 atom stereocenters. The first kappa shape index (κ1) is 20.9. The standard InChI is InChI=1S/C27H44/c1-7-8-10-19(2)25-14-15-26-24(11-9-16-27(25,26)6)13-12-23-17-20(3)22(5)21(4)18-23/h12-13,19-21,25-26H,5,7-11,14-18H2,1-4,6H3/b24-13+/t19-,20+,21+,25?,26?,27+/m0/s1. The molecule has 152 valence electrons. The van der Waals surface area contributed by atoms with Crippen LogP contribution >= 0.6 is 0 Å². The normalized spacial score (nSPS) is 39.5. The molecular formula is C27H44. The van der Waals surface area contributed by atoms with E-state index in [2.05, 4.69) is 53.3 Å². The van der Waals surface area contributed by atoms with E-state index in [1.54, 1.807) is 11.1 Å². The van der Waals surface area contributed by atoms with Crippen molar-refractivity contribution in [3.05, 3.63) is 35.5 Å². The van der Waals surface area contributed by atoms with Crippen molar-refractivity contribution >= 4 is 0 Å². The van der Waals surface area contributed by atoms with Crippen LogP contribution in [0.25, 0.3) is 0 Å². The lowest BCUT2D eigenvalue weighted by molar-refractivity contribution is 0.0934. The van der Waals surface area contributed by atoms with Crippen LogP contribution in [0.2, 0.25) is 0 Å². The van der Waals surface area contributed by atoms with E-state index in [0.717, 1.165) is 17.8 Å². The van der Waals surface area contributed by atoms with Crippen LogP contribution in [0.15, 0.2) is 35.5 Å². The van der Waals surface area contributed by atoms with Gasteiger partial charge in [0.05, 0.1) is 0 Å². The minimum atomic E-state index is 0.567. The highest BCUT2D eigenvalue weighted by atomic mass is 14.5. The highest BCUT2D eigenvalue weighted by Crippen LogP contribution is 2.59. The third-order valence-electron chi connectivity index (χ3n) is 8.67. The van der Waals surface area contributed by atoms with E-state index < -0.39 is 0 Å². The van der Waals surface area contributed by atoms with Crippen molar-refractivity contribution in [1.82, 2.24) is 0 Å². The molecule has 3 aliphatic rings. The molecule has 0 aromatic carbocycles. The molecule has 2 unspecified atom stereocenters. The van der Waals surface area contributed by atoms with Crippen LogP contribution in [-0.4, -0.2) is 0 Å². The van der Waals surface area contributed by atoms with Gasteiger partial charge >= 0.3 is 0 Å². The average Bonchev–Trinajstić information content (AvgIpc) is 2.99. The third kappa shape index (κ3) is 4.30. The molecule has 0 heteroatoms. The Morgan fingerprint density at radius 1 is 1.15 bits per heavy atom. The smallest absolute Gasteiger partial charge is 0.0143 e. The number of hydrogen-bond acceptors (Lipinski definition) is 0. The first-order valence-corrected chi connectivity index (χ1v) is 11.9. The monoisotopic (exact) mass is 368 g/mol. The molecule has 0 spiro atoms. The summed E-state index contributed by atoms with van der Waals surface area (Å²) in [6, 6.07) is 0. The number of fused-ring (bicyclic) bond motifs is 1. The Morgan fingerprint density at radius 3 is 2.52 bits per heavy atom. The van der Waals surface area contributed by atoms with Crippen LogP contribution in [0.1, 0.15) is 98.8 Å². The third-order valence-corrected chi connectivity index (χ3v) is 8.67. The predicted octanol–water partition coefficient (Wildman–Crippen LogP) is 8.50. The summed E-state index contributed by atoms with van der Waals surface area (Å²) in [4.78, 5) is 0. The minimum absolute atomic E-state index is 0.567. The van der Waals surface area contributed by atoms with E-state index in [0.29, 0.717) is 17.3 Å². The highest BCUT2D eigenvalue weighted by molar-refractivity contribution is 5.28. The average molecular weight is 369 g/mol. The van der Waals surface area contributed by atoms with Crippen molar-refractivity contribution < 1.29 is 0 Å². The first-order chi connectivity index (χ1) is 12.9. The maximum Gasteiger partial charge on any atom is -0.0143 e. The molecule has 3 saturated carbocycles. The van der Waals surface area contributed by atoms with Gasteiger partial charge in [-0.25, -0.2) is 0 Å². The number of unbranched alkanes of at least 4 members (excludes halogenated alkanes) is 1. The molecule has 0 amide bonds. The zero-order valence-corrected chi connectivity index (χ0v) is 18.8. The molecule has 0 radical (unpaired) electrons. The zero-order valence-electron chi connectivity index (χ0n) is 18.8. The Bertz CT molecular complexity index is 575. The summed E-state index contributed by atoms with van der Waals surface area (Å²) < 4.78 is 0. The van der Waals surface area contributed by atoms with E-state index in [9.17, 15) is 0 Å². The molecule has 27 heavy (non-hydrogen) atoms. The first-order valence-electron chi connectivity index (χ1n) is 11.9. The second-order valence-electron chi connectivity index (χ2n) is 10.6. The van der Waals surface area contributed by atoms with Crippen molar-refractivity contribution in [2.75, 3.05) is 0 Å². The second-order valence-corrected chi connectivity index (χ2v) is 10.6. The quantitative estimate of drug-likeness (QED) is 0.427. The lowest BCUT2D eigenvalue weighted by Gasteiger charge is -2.44. The topological polar surface area (TPSA) is 0 Å². The van der Waals surface area contributed by atoms with Crippen molar-refractivity contribution in [3.8, 4) is 0 Å². The van der Waals surface area contributed by atoms with Crippen LogP contribution < -0.4 is 0 Å². The maximum absolute atomic E-state index is 4.32. The van der Waals surface area contributed by atoms with E-state index in [4.69, 9.17) is 0 Å². The van der Waals surface area contributed by atoms with Crippen molar-refractivity contribution in [3.63, 3.8) is 0 Å². The van der Waals surface area contributed by atoms with Gasteiger partial charge in [-0.15, -0.1) is 0 Å².